The van der Waals surface area contributed by atoms with E-state index in [9.17, 15) is 9.59 Å². The highest BCUT2D eigenvalue weighted by Crippen LogP contribution is 2.13. The number of ether oxygens (including phenoxy) is 2. The van der Waals surface area contributed by atoms with Gasteiger partial charge in [0.1, 0.15) is 5.76 Å². The molecule has 90 valence electrons. The van der Waals surface area contributed by atoms with Crippen LogP contribution < -0.4 is 0 Å². The molecule has 0 saturated carbocycles. The lowest BCUT2D eigenvalue weighted by atomic mass is 10.3. The molecule has 1 saturated heterocycles. The summed E-state index contributed by atoms with van der Waals surface area (Å²) < 4.78 is 15.5. The van der Waals surface area contributed by atoms with E-state index in [1.54, 1.807) is 12.1 Å². The lowest BCUT2D eigenvalue weighted by molar-refractivity contribution is -0.156. The average molecular weight is 348 g/mol. The predicted molar refractivity (Wildman–Crippen MR) is 65.9 cm³/mol. The van der Waals surface area contributed by atoms with Crippen molar-refractivity contribution in [2.45, 2.75) is 12.5 Å². The van der Waals surface area contributed by atoms with Crippen molar-refractivity contribution in [2.24, 2.45) is 0 Å². The number of furan rings is 1. The van der Waals surface area contributed by atoms with Gasteiger partial charge in [0, 0.05) is 12.5 Å². The molecule has 5 nitrogen and oxygen atoms in total. The molecule has 0 amide bonds. The average Bonchev–Trinajstić information content (AvgIpc) is 2.86. The van der Waals surface area contributed by atoms with Gasteiger partial charge in [0.05, 0.1) is 6.61 Å². The van der Waals surface area contributed by atoms with E-state index in [0.29, 0.717) is 18.8 Å². The Kier molecular flexibility index (Phi) is 3.82. The summed E-state index contributed by atoms with van der Waals surface area (Å²) in [5.41, 5.74) is 0. The summed E-state index contributed by atoms with van der Waals surface area (Å²) in [5, 5.41) is 0. The molecule has 0 N–H and O–H groups in total. The number of cyclic esters (lactones) is 1. The van der Waals surface area contributed by atoms with E-state index in [-0.39, 0.29) is 0 Å². The molecule has 0 aromatic carbocycles. The summed E-state index contributed by atoms with van der Waals surface area (Å²) in [5.74, 6) is -0.514. The lowest BCUT2D eigenvalue weighted by Crippen LogP contribution is -2.21. The van der Waals surface area contributed by atoms with Crippen LogP contribution in [-0.2, 0) is 19.1 Å². The topological polar surface area (TPSA) is 65.7 Å². The maximum Gasteiger partial charge on any atom is 0.347 e. The Hall–Kier alpha value is -1.31. The van der Waals surface area contributed by atoms with Crippen molar-refractivity contribution in [1.82, 2.24) is 0 Å². The first-order valence-electron chi connectivity index (χ1n) is 4.96. The number of esters is 2. The fraction of sp³-hybridized carbons (Fsp3) is 0.273. The molecule has 1 aromatic heterocycles. The smallest absolute Gasteiger partial charge is 0.347 e. The maximum atomic E-state index is 11.4. The van der Waals surface area contributed by atoms with Crippen molar-refractivity contribution in [2.75, 3.05) is 6.61 Å². The Bertz CT molecular complexity index is 462. The summed E-state index contributed by atoms with van der Waals surface area (Å²) in [7, 11) is 0. The first-order valence-corrected chi connectivity index (χ1v) is 6.04. The van der Waals surface area contributed by atoms with E-state index in [1.165, 1.54) is 12.2 Å². The fourth-order valence-corrected chi connectivity index (χ4v) is 1.77. The minimum atomic E-state index is -0.774. The van der Waals surface area contributed by atoms with Crippen molar-refractivity contribution in [3.05, 3.63) is 27.7 Å². The summed E-state index contributed by atoms with van der Waals surface area (Å²) in [6, 6.07) is 3.51. The Labute approximate surface area is 111 Å². The molecule has 1 aliphatic heterocycles. The third kappa shape index (κ3) is 3.32. The molecule has 0 radical (unpaired) electrons. The molecule has 6 heteroatoms. The largest absolute Gasteiger partial charge is 0.463 e. The van der Waals surface area contributed by atoms with Crippen LogP contribution in [-0.4, -0.2) is 24.6 Å². The number of carbonyl (C=O) groups excluding carboxylic acids is 2. The van der Waals surface area contributed by atoms with Crippen LogP contribution in [0, 0.1) is 3.77 Å². The molecule has 0 unspecified atom stereocenters. The van der Waals surface area contributed by atoms with Gasteiger partial charge in [-0.25, -0.2) is 9.59 Å². The van der Waals surface area contributed by atoms with Crippen LogP contribution in [0.3, 0.4) is 0 Å². The van der Waals surface area contributed by atoms with E-state index < -0.39 is 18.0 Å². The van der Waals surface area contributed by atoms with Crippen LogP contribution in [0.2, 0.25) is 0 Å². The first kappa shape index (κ1) is 12.2. The van der Waals surface area contributed by atoms with Gasteiger partial charge in [0.2, 0.25) is 6.10 Å². The summed E-state index contributed by atoms with van der Waals surface area (Å²) in [6.45, 7) is 0.302. The van der Waals surface area contributed by atoms with Crippen molar-refractivity contribution >= 4 is 40.6 Å². The van der Waals surface area contributed by atoms with Gasteiger partial charge in [0.15, 0.2) is 3.77 Å². The van der Waals surface area contributed by atoms with Gasteiger partial charge in [-0.2, -0.15) is 0 Å². The zero-order valence-corrected chi connectivity index (χ0v) is 10.9. The first-order chi connectivity index (χ1) is 8.15. The van der Waals surface area contributed by atoms with E-state index >= 15 is 0 Å². The number of hydrogen-bond donors (Lipinski definition) is 0. The van der Waals surface area contributed by atoms with Gasteiger partial charge in [-0.15, -0.1) is 0 Å². The summed E-state index contributed by atoms with van der Waals surface area (Å²) in [4.78, 5) is 22.4. The molecule has 0 spiro atoms. The number of halogens is 1. The van der Waals surface area contributed by atoms with Crippen molar-refractivity contribution in [1.29, 1.82) is 0 Å². The normalized spacial score (nSPS) is 19.6. The molecule has 1 aliphatic rings. The minimum Gasteiger partial charge on any atom is -0.463 e. The van der Waals surface area contributed by atoms with Gasteiger partial charge >= 0.3 is 11.9 Å². The van der Waals surface area contributed by atoms with Gasteiger partial charge in [-0.3, -0.25) is 0 Å². The Morgan fingerprint density at radius 3 is 2.94 bits per heavy atom. The predicted octanol–water partition coefficient (Wildman–Crippen LogP) is 1.76. The Balaban J connectivity index is 1.88. The minimum absolute atomic E-state index is 0.302. The maximum absolute atomic E-state index is 11.4. The van der Waals surface area contributed by atoms with Crippen molar-refractivity contribution in [3.63, 3.8) is 0 Å². The van der Waals surface area contributed by atoms with Crippen LogP contribution in [0.5, 0.6) is 0 Å². The molecule has 0 aliphatic carbocycles. The highest BCUT2D eigenvalue weighted by molar-refractivity contribution is 14.1. The van der Waals surface area contributed by atoms with E-state index in [4.69, 9.17) is 9.15 Å². The second kappa shape index (κ2) is 5.35. The lowest BCUT2D eigenvalue weighted by Gasteiger charge is -2.04. The zero-order chi connectivity index (χ0) is 12.3. The molecule has 1 fully saturated rings. The molecule has 1 aromatic rings. The molecule has 2 rings (SSSR count). The van der Waals surface area contributed by atoms with E-state index in [1.807, 2.05) is 22.6 Å². The molecule has 1 atom stereocenters. The fourth-order valence-electron chi connectivity index (χ4n) is 1.33. The molecule has 0 bridgehead atoms. The highest BCUT2D eigenvalue weighted by atomic mass is 127. The van der Waals surface area contributed by atoms with Crippen LogP contribution in [0.25, 0.3) is 6.08 Å². The van der Waals surface area contributed by atoms with Crippen LogP contribution >= 0.6 is 22.6 Å². The van der Waals surface area contributed by atoms with E-state index in [0.717, 1.165) is 3.77 Å². The second-order valence-corrected chi connectivity index (χ2v) is 4.42. The quantitative estimate of drug-likeness (QED) is 0.473. The van der Waals surface area contributed by atoms with Crippen LogP contribution in [0.1, 0.15) is 12.2 Å². The third-order valence-corrected chi connectivity index (χ3v) is 2.70. The Morgan fingerprint density at radius 2 is 2.35 bits per heavy atom. The molecule has 17 heavy (non-hydrogen) atoms. The van der Waals surface area contributed by atoms with Gasteiger partial charge < -0.3 is 13.9 Å². The third-order valence-electron chi connectivity index (χ3n) is 2.12. The highest BCUT2D eigenvalue weighted by Gasteiger charge is 2.29. The number of rotatable bonds is 3. The molecular formula is C11H9IO5. The molecule has 2 heterocycles. The summed E-state index contributed by atoms with van der Waals surface area (Å²) in [6.07, 6.45) is 2.35. The zero-order valence-electron chi connectivity index (χ0n) is 8.72. The van der Waals surface area contributed by atoms with Gasteiger partial charge in [-0.05, 0) is 40.8 Å². The monoisotopic (exact) mass is 348 g/mol. The molecular weight excluding hydrogens is 339 g/mol. The van der Waals surface area contributed by atoms with Crippen LogP contribution in [0.15, 0.2) is 22.6 Å². The second-order valence-electron chi connectivity index (χ2n) is 3.36. The van der Waals surface area contributed by atoms with Crippen molar-refractivity contribution in [3.8, 4) is 0 Å². The summed E-state index contributed by atoms with van der Waals surface area (Å²) >= 11 is 2.02. The van der Waals surface area contributed by atoms with Gasteiger partial charge in [-0.1, -0.05) is 0 Å². The van der Waals surface area contributed by atoms with E-state index in [2.05, 4.69) is 4.74 Å². The SMILES string of the molecule is O=C(/C=C/c1ccc(I)o1)O[C@H]1CCOC1=O. The van der Waals surface area contributed by atoms with Crippen molar-refractivity contribution < 1.29 is 23.5 Å². The number of carbonyl (C=O) groups is 2. The number of hydrogen-bond acceptors (Lipinski definition) is 5. The standard InChI is InChI=1S/C11H9IO5/c12-9-3-1-7(16-9)2-4-10(13)17-8-5-6-15-11(8)14/h1-4,8H,5-6H2/b4-2+/t8-/m0/s1. The van der Waals surface area contributed by atoms with Crippen LogP contribution in [0.4, 0.5) is 0 Å². The Morgan fingerprint density at radius 1 is 1.53 bits per heavy atom. The van der Waals surface area contributed by atoms with Gasteiger partial charge in [0.25, 0.3) is 0 Å².